The van der Waals surface area contributed by atoms with Crippen LogP contribution in [0.15, 0.2) is 41.3 Å². The van der Waals surface area contributed by atoms with E-state index in [-0.39, 0.29) is 21.8 Å². The summed E-state index contributed by atoms with van der Waals surface area (Å²) in [5, 5.41) is 18.8. The number of carbonyl (C=O) groups excluding carboxylic acids is 1. The Bertz CT molecular complexity index is 979. The number of amides is 1. The number of halogens is 1. The Morgan fingerprint density at radius 2 is 2.00 bits per heavy atom. The van der Waals surface area contributed by atoms with E-state index in [1.165, 1.54) is 18.2 Å². The summed E-state index contributed by atoms with van der Waals surface area (Å²) in [6.45, 7) is 0. The Morgan fingerprint density at radius 3 is 2.70 bits per heavy atom. The molecule has 1 N–H and O–H groups in total. The van der Waals surface area contributed by atoms with Crippen LogP contribution in [0.3, 0.4) is 0 Å². The lowest BCUT2D eigenvalue weighted by molar-refractivity contribution is 0.0991. The number of fused-ring (bicyclic) bond motifs is 1. The highest BCUT2D eigenvalue weighted by Gasteiger charge is 2.36. The highest BCUT2D eigenvalue weighted by molar-refractivity contribution is 14.1. The van der Waals surface area contributed by atoms with Gasteiger partial charge in [0, 0.05) is 5.56 Å². The zero-order valence-corrected chi connectivity index (χ0v) is 14.5. The molecule has 3 rings (SSSR count). The maximum atomic E-state index is 12.7. The van der Waals surface area contributed by atoms with Crippen molar-refractivity contribution in [3.05, 3.63) is 51.1 Å². The van der Waals surface area contributed by atoms with Gasteiger partial charge in [0.15, 0.2) is 9.84 Å². The third-order valence-electron chi connectivity index (χ3n) is 3.47. The number of sulfone groups is 1. The van der Waals surface area contributed by atoms with E-state index in [4.69, 9.17) is 5.26 Å². The number of rotatable bonds is 1. The van der Waals surface area contributed by atoms with Crippen molar-refractivity contribution in [3.8, 4) is 11.8 Å². The second-order valence-electron chi connectivity index (χ2n) is 4.91. The van der Waals surface area contributed by atoms with Gasteiger partial charge in [-0.25, -0.2) is 8.42 Å². The van der Waals surface area contributed by atoms with Crippen LogP contribution in [0.4, 0.5) is 5.69 Å². The molecule has 0 atom stereocenters. The van der Waals surface area contributed by atoms with Crippen LogP contribution in [0, 0.1) is 14.9 Å². The SMILES string of the molecule is N#Cc1cc(C(=O)N2CS(=O)(=O)c3ccccc32)cc(I)c1O. The largest absolute Gasteiger partial charge is 0.505 e. The van der Waals surface area contributed by atoms with E-state index < -0.39 is 21.6 Å². The molecule has 0 radical (unpaired) electrons. The quantitative estimate of drug-likeness (QED) is 0.687. The van der Waals surface area contributed by atoms with Crippen LogP contribution in [0.2, 0.25) is 0 Å². The molecule has 0 spiro atoms. The minimum absolute atomic E-state index is 0.0319. The fourth-order valence-electron chi connectivity index (χ4n) is 2.38. The molecule has 23 heavy (non-hydrogen) atoms. The molecule has 2 aromatic rings. The van der Waals surface area contributed by atoms with E-state index in [0.717, 1.165) is 4.90 Å². The molecule has 0 aromatic heterocycles. The van der Waals surface area contributed by atoms with Gasteiger partial charge in [-0.2, -0.15) is 5.26 Å². The van der Waals surface area contributed by atoms with E-state index >= 15 is 0 Å². The third kappa shape index (κ3) is 2.55. The fourth-order valence-corrected chi connectivity index (χ4v) is 4.53. The van der Waals surface area contributed by atoms with Gasteiger partial charge in [-0.3, -0.25) is 9.69 Å². The molecule has 6 nitrogen and oxygen atoms in total. The Hall–Kier alpha value is -2.12. The first-order chi connectivity index (χ1) is 10.8. The molecule has 2 aromatic carbocycles. The average Bonchev–Trinajstić information content (AvgIpc) is 2.81. The second kappa shape index (κ2) is 5.50. The second-order valence-corrected chi connectivity index (χ2v) is 8.00. The van der Waals surface area contributed by atoms with Gasteiger partial charge in [0.1, 0.15) is 17.7 Å². The Kier molecular flexibility index (Phi) is 3.77. The zero-order chi connectivity index (χ0) is 16.8. The lowest BCUT2D eigenvalue weighted by Crippen LogP contribution is -2.30. The van der Waals surface area contributed by atoms with E-state index in [0.29, 0.717) is 9.26 Å². The molecule has 1 heterocycles. The number of carbonyl (C=O) groups is 1. The van der Waals surface area contributed by atoms with Crippen molar-refractivity contribution in [3.63, 3.8) is 0 Å². The normalized spacial score (nSPS) is 15.0. The van der Waals surface area contributed by atoms with Gasteiger partial charge >= 0.3 is 0 Å². The summed E-state index contributed by atoms with van der Waals surface area (Å²) < 4.78 is 24.7. The van der Waals surface area contributed by atoms with E-state index in [1.807, 2.05) is 28.7 Å². The van der Waals surface area contributed by atoms with Crippen molar-refractivity contribution in [1.29, 1.82) is 5.26 Å². The van der Waals surface area contributed by atoms with Gasteiger partial charge in [-0.15, -0.1) is 0 Å². The molecule has 8 heteroatoms. The molecule has 0 fully saturated rings. The van der Waals surface area contributed by atoms with Gasteiger partial charge in [0.05, 0.1) is 19.7 Å². The van der Waals surface area contributed by atoms with Crippen molar-refractivity contribution < 1.29 is 18.3 Å². The summed E-state index contributed by atoms with van der Waals surface area (Å²) in [7, 11) is -3.55. The molecule has 1 aliphatic heterocycles. The molecular formula is C15H9IN2O4S. The number of para-hydroxylation sites is 1. The molecule has 0 bridgehead atoms. The molecule has 0 saturated heterocycles. The first-order valence-electron chi connectivity index (χ1n) is 6.41. The van der Waals surface area contributed by atoms with Crippen LogP contribution >= 0.6 is 22.6 Å². The topological polar surface area (TPSA) is 98.5 Å². The number of nitrogens with zero attached hydrogens (tertiary/aromatic N) is 2. The summed E-state index contributed by atoms with van der Waals surface area (Å²) >= 11 is 1.81. The van der Waals surface area contributed by atoms with E-state index in [1.54, 1.807) is 18.2 Å². The van der Waals surface area contributed by atoms with Crippen LogP contribution in [0.25, 0.3) is 0 Å². The smallest absolute Gasteiger partial charge is 0.259 e. The fraction of sp³-hybridized carbons (Fsp3) is 0.0667. The molecule has 1 amide bonds. The minimum atomic E-state index is -3.55. The monoisotopic (exact) mass is 440 g/mol. The van der Waals surface area contributed by atoms with Crippen LogP contribution < -0.4 is 4.90 Å². The lowest BCUT2D eigenvalue weighted by Gasteiger charge is -2.16. The van der Waals surface area contributed by atoms with Gasteiger partial charge in [0.2, 0.25) is 0 Å². The predicted octanol–water partition coefficient (Wildman–Crippen LogP) is 2.26. The van der Waals surface area contributed by atoms with Crippen LogP contribution in [-0.2, 0) is 9.84 Å². The van der Waals surface area contributed by atoms with Gasteiger partial charge in [0.25, 0.3) is 5.91 Å². The summed E-state index contributed by atoms with van der Waals surface area (Å²) in [6, 6.07) is 10.8. The van der Waals surface area contributed by atoms with Crippen LogP contribution in [0.5, 0.6) is 5.75 Å². The first-order valence-corrected chi connectivity index (χ1v) is 9.14. The number of hydrogen-bond donors (Lipinski definition) is 1. The molecule has 0 aliphatic carbocycles. The maximum Gasteiger partial charge on any atom is 0.259 e. The molecule has 0 unspecified atom stereocenters. The molecule has 0 saturated carbocycles. The van der Waals surface area contributed by atoms with Gasteiger partial charge in [-0.1, -0.05) is 12.1 Å². The summed E-state index contributed by atoms with van der Waals surface area (Å²) in [4.78, 5) is 14.0. The number of benzene rings is 2. The number of hydrogen-bond acceptors (Lipinski definition) is 5. The van der Waals surface area contributed by atoms with Crippen molar-refractivity contribution >= 4 is 44.0 Å². The average molecular weight is 440 g/mol. The van der Waals surface area contributed by atoms with Crippen molar-refractivity contribution in [2.75, 3.05) is 10.8 Å². The Balaban J connectivity index is 2.10. The Labute approximate surface area is 146 Å². The zero-order valence-electron chi connectivity index (χ0n) is 11.5. The highest BCUT2D eigenvalue weighted by atomic mass is 127. The van der Waals surface area contributed by atoms with E-state index in [2.05, 4.69) is 0 Å². The molecule has 1 aliphatic rings. The number of nitriles is 1. The van der Waals surface area contributed by atoms with Crippen molar-refractivity contribution in [2.45, 2.75) is 4.90 Å². The summed E-state index contributed by atoms with van der Waals surface area (Å²) in [5.41, 5.74) is 0.435. The minimum Gasteiger partial charge on any atom is -0.505 e. The Morgan fingerprint density at radius 1 is 1.30 bits per heavy atom. The molecular weight excluding hydrogens is 431 g/mol. The van der Waals surface area contributed by atoms with Crippen LogP contribution in [-0.4, -0.2) is 25.3 Å². The van der Waals surface area contributed by atoms with Crippen molar-refractivity contribution in [2.24, 2.45) is 0 Å². The number of phenolic OH excluding ortho intramolecular Hbond substituents is 1. The van der Waals surface area contributed by atoms with Crippen molar-refractivity contribution in [1.82, 2.24) is 0 Å². The van der Waals surface area contributed by atoms with Crippen LogP contribution in [0.1, 0.15) is 15.9 Å². The maximum absolute atomic E-state index is 12.7. The standard InChI is InChI=1S/C15H9IN2O4S/c16-11-6-9(5-10(7-17)14(11)19)15(20)18-8-23(21,22)13-4-2-1-3-12(13)18/h1-6,19H,8H2. The lowest BCUT2D eigenvalue weighted by atomic mass is 10.1. The number of phenols is 1. The van der Waals surface area contributed by atoms with Gasteiger partial charge in [-0.05, 0) is 46.9 Å². The highest BCUT2D eigenvalue weighted by Crippen LogP contribution is 2.35. The number of aromatic hydroxyl groups is 1. The summed E-state index contributed by atoms with van der Waals surface area (Å²) in [5.74, 6) is -1.17. The van der Waals surface area contributed by atoms with E-state index in [9.17, 15) is 18.3 Å². The number of anilines is 1. The first kappa shape index (κ1) is 15.8. The van der Waals surface area contributed by atoms with Gasteiger partial charge < -0.3 is 5.11 Å². The predicted molar refractivity (Wildman–Crippen MR) is 90.8 cm³/mol. The summed E-state index contributed by atoms with van der Waals surface area (Å²) in [6.07, 6.45) is 0. The molecule has 116 valence electrons. The third-order valence-corrected chi connectivity index (χ3v) is 5.90.